The number of anilines is 1. The van der Waals surface area contributed by atoms with E-state index in [9.17, 15) is 9.59 Å². The molecule has 0 bridgehead atoms. The topological polar surface area (TPSA) is 69.4 Å². The summed E-state index contributed by atoms with van der Waals surface area (Å²) in [7, 11) is 0. The van der Waals surface area contributed by atoms with Crippen molar-refractivity contribution in [3.8, 4) is 0 Å². The number of rotatable bonds is 2. The van der Waals surface area contributed by atoms with Crippen LogP contribution in [0.5, 0.6) is 0 Å². The molecule has 0 heterocycles. The first kappa shape index (κ1) is 10.2. The van der Waals surface area contributed by atoms with Gasteiger partial charge in [-0.25, -0.2) is 4.79 Å². The van der Waals surface area contributed by atoms with Crippen molar-refractivity contribution in [1.82, 2.24) is 0 Å². The highest BCUT2D eigenvalue weighted by Gasteiger charge is 2.16. The monoisotopic (exact) mass is 215 g/mol. The summed E-state index contributed by atoms with van der Waals surface area (Å²) in [5, 5.41) is 0. The average molecular weight is 215 g/mol. The van der Waals surface area contributed by atoms with E-state index in [0.29, 0.717) is 11.3 Å². The van der Waals surface area contributed by atoms with Gasteiger partial charge < -0.3 is 10.5 Å². The molecule has 2 N–H and O–H groups in total. The van der Waals surface area contributed by atoms with Crippen LogP contribution in [0, 0.1) is 0 Å². The van der Waals surface area contributed by atoms with Gasteiger partial charge in [-0.1, -0.05) is 6.08 Å². The van der Waals surface area contributed by atoms with Gasteiger partial charge in [-0.15, -0.1) is 0 Å². The van der Waals surface area contributed by atoms with Crippen LogP contribution in [0.4, 0.5) is 5.69 Å². The lowest BCUT2D eigenvalue weighted by atomic mass is 10.2. The summed E-state index contributed by atoms with van der Waals surface area (Å²) in [6.07, 6.45) is 4.33. The first-order chi connectivity index (χ1) is 7.66. The maximum Gasteiger partial charge on any atom is 0.343 e. The first-order valence-electron chi connectivity index (χ1n) is 4.67. The molecule has 0 atom stereocenters. The SMILES string of the molecule is Nc1ccc(C(=O)OC2=CC=CC2=O)cc1. The van der Waals surface area contributed by atoms with Gasteiger partial charge in [-0.2, -0.15) is 0 Å². The molecule has 0 aromatic heterocycles. The highest BCUT2D eigenvalue weighted by atomic mass is 16.5. The van der Waals surface area contributed by atoms with Crippen molar-refractivity contribution in [2.75, 3.05) is 5.73 Å². The van der Waals surface area contributed by atoms with Gasteiger partial charge in [0.05, 0.1) is 5.56 Å². The summed E-state index contributed by atoms with van der Waals surface area (Å²) in [5.74, 6) is -0.825. The molecule has 0 amide bonds. The number of carbonyl (C=O) groups is 2. The minimum atomic E-state index is -0.566. The zero-order chi connectivity index (χ0) is 11.5. The number of allylic oxidation sites excluding steroid dienone is 3. The maximum atomic E-state index is 11.6. The molecule has 16 heavy (non-hydrogen) atoms. The van der Waals surface area contributed by atoms with Crippen LogP contribution in [-0.2, 0) is 9.53 Å². The molecule has 4 heteroatoms. The second-order valence-electron chi connectivity index (χ2n) is 3.27. The quantitative estimate of drug-likeness (QED) is 0.598. The Balaban J connectivity index is 2.09. The molecule has 80 valence electrons. The lowest BCUT2D eigenvalue weighted by Gasteiger charge is -2.03. The highest BCUT2D eigenvalue weighted by molar-refractivity contribution is 6.07. The zero-order valence-electron chi connectivity index (χ0n) is 8.34. The minimum absolute atomic E-state index is 0.0434. The summed E-state index contributed by atoms with van der Waals surface area (Å²) < 4.78 is 4.92. The third-order valence-electron chi connectivity index (χ3n) is 2.09. The predicted molar refractivity (Wildman–Crippen MR) is 58.5 cm³/mol. The van der Waals surface area contributed by atoms with Gasteiger partial charge in [0.2, 0.25) is 5.78 Å². The van der Waals surface area contributed by atoms with Crippen LogP contribution in [0.1, 0.15) is 10.4 Å². The number of benzene rings is 1. The predicted octanol–water partition coefficient (Wildman–Crippen LogP) is 1.45. The van der Waals surface area contributed by atoms with Crippen LogP contribution < -0.4 is 5.73 Å². The molecule has 1 aromatic carbocycles. The van der Waals surface area contributed by atoms with E-state index in [1.165, 1.54) is 18.2 Å². The fourth-order valence-electron chi connectivity index (χ4n) is 1.25. The lowest BCUT2D eigenvalue weighted by Crippen LogP contribution is -2.08. The number of esters is 1. The number of hydrogen-bond acceptors (Lipinski definition) is 4. The molecule has 1 aliphatic carbocycles. The largest absolute Gasteiger partial charge is 0.419 e. The molecule has 0 aliphatic heterocycles. The molecule has 4 nitrogen and oxygen atoms in total. The summed E-state index contributed by atoms with van der Waals surface area (Å²) >= 11 is 0. The van der Waals surface area contributed by atoms with E-state index in [4.69, 9.17) is 10.5 Å². The second-order valence-corrected chi connectivity index (χ2v) is 3.27. The zero-order valence-corrected chi connectivity index (χ0v) is 8.34. The molecular weight excluding hydrogens is 206 g/mol. The number of nitrogen functional groups attached to an aromatic ring is 1. The number of ether oxygens (including phenoxy) is 1. The molecule has 0 saturated carbocycles. The van der Waals surface area contributed by atoms with E-state index in [-0.39, 0.29) is 11.5 Å². The van der Waals surface area contributed by atoms with Crippen LogP contribution in [0.25, 0.3) is 0 Å². The van der Waals surface area contributed by atoms with Crippen LogP contribution in [-0.4, -0.2) is 11.8 Å². The average Bonchev–Trinajstić information content (AvgIpc) is 2.65. The Bertz CT molecular complexity index is 498. The van der Waals surface area contributed by atoms with Gasteiger partial charge in [0.25, 0.3) is 0 Å². The molecule has 0 fully saturated rings. The maximum absolute atomic E-state index is 11.6. The van der Waals surface area contributed by atoms with Crippen molar-refractivity contribution in [3.63, 3.8) is 0 Å². The van der Waals surface area contributed by atoms with E-state index >= 15 is 0 Å². The first-order valence-corrected chi connectivity index (χ1v) is 4.67. The third kappa shape index (κ3) is 2.00. The summed E-state index contributed by atoms with van der Waals surface area (Å²) in [4.78, 5) is 22.7. The Morgan fingerprint density at radius 1 is 1.19 bits per heavy atom. The highest BCUT2D eigenvalue weighted by Crippen LogP contribution is 2.13. The molecule has 1 aromatic rings. The van der Waals surface area contributed by atoms with Crippen molar-refractivity contribution in [2.24, 2.45) is 0 Å². The van der Waals surface area contributed by atoms with E-state index < -0.39 is 5.97 Å². The van der Waals surface area contributed by atoms with Gasteiger partial charge in [0.1, 0.15) is 0 Å². The number of carbonyl (C=O) groups excluding carboxylic acids is 2. The fraction of sp³-hybridized carbons (Fsp3) is 0. The Kier molecular flexibility index (Phi) is 2.55. The summed E-state index contributed by atoms with van der Waals surface area (Å²) in [6.45, 7) is 0. The van der Waals surface area contributed by atoms with Crippen molar-refractivity contribution in [1.29, 1.82) is 0 Å². The van der Waals surface area contributed by atoms with Crippen LogP contribution in [0.3, 0.4) is 0 Å². The fourth-order valence-corrected chi connectivity index (χ4v) is 1.25. The van der Waals surface area contributed by atoms with Gasteiger partial charge >= 0.3 is 5.97 Å². The van der Waals surface area contributed by atoms with Gasteiger partial charge in [0, 0.05) is 5.69 Å². The van der Waals surface area contributed by atoms with Gasteiger partial charge in [-0.05, 0) is 36.4 Å². The Labute approximate surface area is 92.0 Å². The van der Waals surface area contributed by atoms with Crippen molar-refractivity contribution >= 4 is 17.4 Å². The smallest absolute Gasteiger partial charge is 0.343 e. The summed E-state index contributed by atoms with van der Waals surface area (Å²) in [5.41, 5.74) is 6.41. The molecule has 0 radical (unpaired) electrons. The third-order valence-corrected chi connectivity index (χ3v) is 2.09. The molecule has 0 unspecified atom stereocenters. The lowest BCUT2D eigenvalue weighted by molar-refractivity contribution is -0.113. The van der Waals surface area contributed by atoms with Gasteiger partial charge in [-0.3, -0.25) is 4.79 Å². The van der Waals surface area contributed by atoms with Gasteiger partial charge in [0.15, 0.2) is 5.76 Å². The number of ketones is 1. The van der Waals surface area contributed by atoms with Crippen LogP contribution >= 0.6 is 0 Å². The standard InChI is InChI=1S/C12H9NO3/c13-9-6-4-8(5-7-9)12(15)16-11-3-1-2-10(11)14/h1-7H,13H2. The Morgan fingerprint density at radius 2 is 1.88 bits per heavy atom. The van der Waals surface area contributed by atoms with Crippen LogP contribution in [0.15, 0.2) is 48.3 Å². The van der Waals surface area contributed by atoms with E-state index in [1.54, 1.807) is 24.3 Å². The Hall–Kier alpha value is -2.36. The molecular formula is C12H9NO3. The molecule has 2 rings (SSSR count). The number of hydrogen-bond donors (Lipinski definition) is 1. The minimum Gasteiger partial charge on any atom is -0.419 e. The Morgan fingerprint density at radius 3 is 2.44 bits per heavy atom. The molecule has 0 saturated heterocycles. The van der Waals surface area contributed by atoms with E-state index in [2.05, 4.69) is 0 Å². The van der Waals surface area contributed by atoms with Crippen LogP contribution in [0.2, 0.25) is 0 Å². The second kappa shape index (κ2) is 4.02. The van der Waals surface area contributed by atoms with Crippen molar-refractivity contribution in [3.05, 3.63) is 53.8 Å². The van der Waals surface area contributed by atoms with Crippen molar-refractivity contribution < 1.29 is 14.3 Å². The summed E-state index contributed by atoms with van der Waals surface area (Å²) in [6, 6.07) is 6.29. The van der Waals surface area contributed by atoms with E-state index in [1.807, 2.05) is 0 Å². The van der Waals surface area contributed by atoms with E-state index in [0.717, 1.165) is 0 Å². The van der Waals surface area contributed by atoms with Crippen molar-refractivity contribution in [2.45, 2.75) is 0 Å². The number of nitrogens with two attached hydrogens (primary N) is 1. The normalized spacial score (nSPS) is 13.8. The molecule has 0 spiro atoms. The molecule has 1 aliphatic rings.